The summed E-state index contributed by atoms with van der Waals surface area (Å²) in [4.78, 5) is 14.5. The Kier molecular flexibility index (Phi) is 7.50. The zero-order chi connectivity index (χ0) is 15.9. The van der Waals surface area contributed by atoms with Crippen molar-refractivity contribution in [2.75, 3.05) is 19.6 Å². The Balaban J connectivity index is 2.52. The molecule has 1 aliphatic rings. The highest BCUT2D eigenvalue weighted by molar-refractivity contribution is 5.68. The van der Waals surface area contributed by atoms with Gasteiger partial charge in [-0.15, -0.1) is 0 Å². The lowest BCUT2D eigenvalue weighted by atomic mass is 9.90. The molecule has 1 amide bonds. The molecule has 0 aromatic heterocycles. The minimum Gasteiger partial charge on any atom is -0.444 e. The third-order valence-electron chi connectivity index (χ3n) is 3.84. The average molecular weight is 298 g/mol. The maximum atomic E-state index is 12.0. The van der Waals surface area contributed by atoms with Crippen LogP contribution in [0.2, 0.25) is 0 Å². The van der Waals surface area contributed by atoms with Crippen molar-refractivity contribution in [3.05, 3.63) is 0 Å². The van der Waals surface area contributed by atoms with Crippen molar-refractivity contribution in [1.29, 1.82) is 0 Å². The van der Waals surface area contributed by atoms with E-state index in [-0.39, 0.29) is 12.1 Å². The number of nitrogens with one attached hydrogen (secondary N) is 1. The van der Waals surface area contributed by atoms with E-state index in [2.05, 4.69) is 24.1 Å². The summed E-state index contributed by atoms with van der Waals surface area (Å²) in [5, 5.41) is 3.07. The Morgan fingerprint density at radius 2 is 1.95 bits per heavy atom. The van der Waals surface area contributed by atoms with Gasteiger partial charge in [0.25, 0.3) is 0 Å². The lowest BCUT2D eigenvalue weighted by molar-refractivity contribution is 0.0445. The Morgan fingerprint density at radius 1 is 1.24 bits per heavy atom. The molecule has 1 aliphatic heterocycles. The zero-order valence-corrected chi connectivity index (χ0v) is 14.6. The Labute approximate surface area is 130 Å². The molecule has 124 valence electrons. The molecule has 4 heteroatoms. The van der Waals surface area contributed by atoms with Gasteiger partial charge in [-0.2, -0.15) is 0 Å². The van der Waals surface area contributed by atoms with Gasteiger partial charge in [-0.1, -0.05) is 26.7 Å². The van der Waals surface area contributed by atoms with E-state index in [9.17, 15) is 4.79 Å². The second kappa shape index (κ2) is 8.62. The van der Waals surface area contributed by atoms with Crippen molar-refractivity contribution in [1.82, 2.24) is 10.2 Å². The first kappa shape index (κ1) is 18.3. The number of rotatable bonds is 6. The molecular weight excluding hydrogens is 264 g/mol. The summed E-state index contributed by atoms with van der Waals surface area (Å²) in [5.74, 6) is 0.699. The second-order valence-electron chi connectivity index (χ2n) is 7.35. The molecule has 0 spiro atoms. The van der Waals surface area contributed by atoms with Crippen LogP contribution in [0.5, 0.6) is 0 Å². The van der Waals surface area contributed by atoms with E-state index in [1.165, 1.54) is 32.2 Å². The lowest BCUT2D eigenvalue weighted by Crippen LogP contribution is -2.51. The molecule has 4 nitrogen and oxygen atoms in total. The van der Waals surface area contributed by atoms with Crippen molar-refractivity contribution in [2.45, 2.75) is 78.4 Å². The smallest absolute Gasteiger partial charge is 0.407 e. The van der Waals surface area contributed by atoms with Crippen LogP contribution in [0.25, 0.3) is 0 Å². The van der Waals surface area contributed by atoms with Gasteiger partial charge in [0.1, 0.15) is 5.60 Å². The average Bonchev–Trinajstić information content (AvgIpc) is 2.34. The Morgan fingerprint density at radius 3 is 2.52 bits per heavy atom. The second-order valence-corrected chi connectivity index (χ2v) is 7.35. The van der Waals surface area contributed by atoms with Gasteiger partial charge >= 0.3 is 6.09 Å². The van der Waals surface area contributed by atoms with Gasteiger partial charge in [-0.3, -0.25) is 0 Å². The van der Waals surface area contributed by atoms with Crippen LogP contribution in [-0.4, -0.2) is 42.3 Å². The van der Waals surface area contributed by atoms with Crippen LogP contribution in [0, 0.1) is 5.92 Å². The molecule has 1 heterocycles. The molecule has 1 fully saturated rings. The lowest BCUT2D eigenvalue weighted by Gasteiger charge is -2.38. The molecule has 0 radical (unpaired) electrons. The Hall–Kier alpha value is -0.770. The Bertz CT molecular complexity index is 312. The fourth-order valence-electron chi connectivity index (χ4n) is 3.08. The van der Waals surface area contributed by atoms with Crippen molar-refractivity contribution in [3.63, 3.8) is 0 Å². The van der Waals surface area contributed by atoms with Gasteiger partial charge in [0, 0.05) is 19.1 Å². The number of amides is 1. The fraction of sp³-hybridized carbons (Fsp3) is 0.941. The van der Waals surface area contributed by atoms with Crippen LogP contribution in [-0.2, 0) is 4.74 Å². The third-order valence-corrected chi connectivity index (χ3v) is 3.84. The number of unbranched alkanes of at least 4 members (excludes halogenated alkanes) is 1. The number of carbonyl (C=O) groups is 1. The minimum absolute atomic E-state index is 0.224. The van der Waals surface area contributed by atoms with Gasteiger partial charge in [-0.25, -0.2) is 4.79 Å². The van der Waals surface area contributed by atoms with Gasteiger partial charge in [0.2, 0.25) is 0 Å². The summed E-state index contributed by atoms with van der Waals surface area (Å²) in [5.41, 5.74) is -0.427. The quantitative estimate of drug-likeness (QED) is 0.811. The summed E-state index contributed by atoms with van der Waals surface area (Å²) in [7, 11) is 0. The predicted octanol–water partition coefficient (Wildman–Crippen LogP) is 3.80. The molecule has 0 bridgehead atoms. The highest BCUT2D eigenvalue weighted by atomic mass is 16.6. The normalized spacial score (nSPS) is 23.9. The highest BCUT2D eigenvalue weighted by Crippen LogP contribution is 2.22. The summed E-state index contributed by atoms with van der Waals surface area (Å²) >= 11 is 0. The predicted molar refractivity (Wildman–Crippen MR) is 87.5 cm³/mol. The molecule has 0 aliphatic carbocycles. The fourth-order valence-corrected chi connectivity index (χ4v) is 3.08. The molecule has 21 heavy (non-hydrogen) atoms. The monoisotopic (exact) mass is 298 g/mol. The van der Waals surface area contributed by atoms with Crippen molar-refractivity contribution >= 4 is 6.09 Å². The summed E-state index contributed by atoms with van der Waals surface area (Å²) in [6.45, 7) is 13.4. The molecule has 1 rings (SSSR count). The highest BCUT2D eigenvalue weighted by Gasteiger charge is 2.28. The van der Waals surface area contributed by atoms with E-state index in [1.807, 2.05) is 20.8 Å². The molecule has 2 atom stereocenters. The van der Waals surface area contributed by atoms with Crippen LogP contribution in [0.4, 0.5) is 4.79 Å². The van der Waals surface area contributed by atoms with Gasteiger partial charge in [0.15, 0.2) is 0 Å². The van der Waals surface area contributed by atoms with E-state index in [4.69, 9.17) is 4.74 Å². The summed E-state index contributed by atoms with van der Waals surface area (Å²) in [6, 6.07) is 0.224. The van der Waals surface area contributed by atoms with E-state index in [0.717, 1.165) is 19.5 Å². The molecule has 1 N–H and O–H groups in total. The molecule has 0 saturated carbocycles. The van der Waals surface area contributed by atoms with Crippen molar-refractivity contribution in [3.8, 4) is 0 Å². The van der Waals surface area contributed by atoms with E-state index >= 15 is 0 Å². The summed E-state index contributed by atoms with van der Waals surface area (Å²) in [6.07, 6.45) is 5.76. The maximum absolute atomic E-state index is 12.0. The van der Waals surface area contributed by atoms with Gasteiger partial charge < -0.3 is 15.0 Å². The van der Waals surface area contributed by atoms with Crippen LogP contribution in [0.1, 0.15) is 66.7 Å². The first-order valence-electron chi connectivity index (χ1n) is 8.56. The first-order valence-corrected chi connectivity index (χ1v) is 8.56. The first-order chi connectivity index (χ1) is 9.84. The van der Waals surface area contributed by atoms with E-state index in [1.54, 1.807) is 0 Å². The van der Waals surface area contributed by atoms with E-state index in [0.29, 0.717) is 5.92 Å². The number of nitrogens with zero attached hydrogens (tertiary/aromatic N) is 1. The molecule has 0 aromatic carbocycles. The number of hydrogen-bond donors (Lipinski definition) is 1. The number of carbonyl (C=O) groups excluding carboxylic acids is 1. The SMILES string of the molecule is CCCCC1CC(NC(=O)OC(C)(C)C)CN(CCC)C1. The number of alkyl carbamates (subject to hydrolysis) is 1. The van der Waals surface area contributed by atoms with Crippen LogP contribution in [0.3, 0.4) is 0 Å². The van der Waals surface area contributed by atoms with Crippen LogP contribution in [0.15, 0.2) is 0 Å². The zero-order valence-electron chi connectivity index (χ0n) is 14.6. The summed E-state index contributed by atoms with van der Waals surface area (Å²) < 4.78 is 5.38. The van der Waals surface area contributed by atoms with Crippen molar-refractivity contribution < 1.29 is 9.53 Å². The number of ether oxygens (including phenoxy) is 1. The number of likely N-dealkylation sites (tertiary alicyclic amines) is 1. The molecular formula is C17H34N2O2. The van der Waals surface area contributed by atoms with Crippen LogP contribution < -0.4 is 5.32 Å². The number of piperidine rings is 1. The standard InChI is InChI=1S/C17H34N2O2/c1-6-8-9-14-11-15(13-19(12-14)10-7-2)18-16(20)21-17(3,4)5/h14-15H,6-13H2,1-5H3,(H,18,20). The maximum Gasteiger partial charge on any atom is 0.407 e. The third kappa shape index (κ3) is 7.70. The molecule has 1 saturated heterocycles. The largest absolute Gasteiger partial charge is 0.444 e. The minimum atomic E-state index is -0.427. The molecule has 0 aromatic rings. The van der Waals surface area contributed by atoms with E-state index < -0.39 is 5.60 Å². The number of hydrogen-bond acceptors (Lipinski definition) is 3. The van der Waals surface area contributed by atoms with Crippen molar-refractivity contribution in [2.24, 2.45) is 5.92 Å². The van der Waals surface area contributed by atoms with Gasteiger partial charge in [0.05, 0.1) is 0 Å². The molecule has 2 unspecified atom stereocenters. The van der Waals surface area contributed by atoms with Gasteiger partial charge in [-0.05, 0) is 52.5 Å². The van der Waals surface area contributed by atoms with Crippen LogP contribution >= 0.6 is 0 Å². The topological polar surface area (TPSA) is 41.6 Å².